The predicted octanol–water partition coefficient (Wildman–Crippen LogP) is 1.87. The van der Waals surface area contributed by atoms with Crippen molar-refractivity contribution < 1.29 is 9.13 Å². The topological polar surface area (TPSA) is 27.1 Å². The van der Waals surface area contributed by atoms with Gasteiger partial charge in [0.05, 0.1) is 12.7 Å². The first-order valence-corrected chi connectivity index (χ1v) is 4.15. The summed E-state index contributed by atoms with van der Waals surface area (Å²) in [6.07, 6.45) is 0. The lowest BCUT2D eigenvalue weighted by Gasteiger charge is -2.17. The van der Waals surface area contributed by atoms with Gasteiger partial charge in [0.25, 0.3) is 0 Å². The van der Waals surface area contributed by atoms with Gasteiger partial charge >= 0.3 is 0 Å². The number of ether oxygens (including phenoxy) is 1. The first-order valence-electron chi connectivity index (χ1n) is 4.15. The number of aryl methyl sites for hydroxylation is 1. The zero-order chi connectivity index (χ0) is 10.2. The van der Waals surface area contributed by atoms with Gasteiger partial charge < -0.3 is 4.74 Å². The number of hydrogen-bond donors (Lipinski definition) is 0. The molecule has 0 radical (unpaired) electrons. The maximum atomic E-state index is 13.5. The molecule has 0 aliphatic carbocycles. The van der Waals surface area contributed by atoms with Crippen molar-refractivity contribution in [2.45, 2.75) is 26.2 Å². The van der Waals surface area contributed by atoms with Gasteiger partial charge in [-0.05, 0) is 5.41 Å². The minimum atomic E-state index is -0.329. The second kappa shape index (κ2) is 3.01. The quantitative estimate of drug-likeness (QED) is 0.669. The molecule has 1 aromatic rings. The Labute approximate surface area is 77.5 Å². The summed E-state index contributed by atoms with van der Waals surface area (Å²) in [6, 6.07) is 0. The molecule has 0 aliphatic heterocycles. The Morgan fingerprint density at radius 3 is 2.23 bits per heavy atom. The SMILES string of the molecule is COc1nn(C)c(F)c1C(C)(C)C. The van der Waals surface area contributed by atoms with Crippen LogP contribution in [0.15, 0.2) is 0 Å². The molecular weight excluding hydrogens is 171 g/mol. The maximum absolute atomic E-state index is 13.5. The monoisotopic (exact) mass is 186 g/mol. The lowest BCUT2D eigenvalue weighted by atomic mass is 9.89. The highest BCUT2D eigenvalue weighted by atomic mass is 19.1. The fourth-order valence-electron chi connectivity index (χ4n) is 1.25. The van der Waals surface area contributed by atoms with E-state index in [9.17, 15) is 4.39 Å². The molecule has 4 heteroatoms. The molecule has 0 amide bonds. The van der Waals surface area contributed by atoms with Gasteiger partial charge in [0, 0.05) is 7.05 Å². The number of halogens is 1. The Morgan fingerprint density at radius 1 is 1.38 bits per heavy atom. The van der Waals surface area contributed by atoms with Crippen LogP contribution in [0.1, 0.15) is 26.3 Å². The molecule has 0 aromatic carbocycles. The predicted molar refractivity (Wildman–Crippen MR) is 48.4 cm³/mol. The number of hydrogen-bond acceptors (Lipinski definition) is 2. The van der Waals surface area contributed by atoms with Crippen LogP contribution in [0.25, 0.3) is 0 Å². The molecular formula is C9H15FN2O. The summed E-state index contributed by atoms with van der Waals surface area (Å²) in [7, 11) is 3.06. The van der Waals surface area contributed by atoms with Gasteiger partial charge in [-0.1, -0.05) is 20.8 Å². The first-order chi connectivity index (χ1) is 5.88. The first kappa shape index (κ1) is 10.0. The molecule has 1 rings (SSSR count). The average molecular weight is 186 g/mol. The summed E-state index contributed by atoms with van der Waals surface area (Å²) in [5.41, 5.74) is 0.237. The van der Waals surface area contributed by atoms with E-state index in [0.717, 1.165) is 0 Å². The third-order valence-electron chi connectivity index (χ3n) is 1.89. The molecule has 13 heavy (non-hydrogen) atoms. The number of rotatable bonds is 1. The van der Waals surface area contributed by atoms with E-state index in [0.29, 0.717) is 11.4 Å². The molecule has 1 aromatic heterocycles. The zero-order valence-electron chi connectivity index (χ0n) is 8.68. The van der Waals surface area contributed by atoms with Crippen molar-refractivity contribution in [2.75, 3.05) is 7.11 Å². The highest BCUT2D eigenvalue weighted by Gasteiger charge is 2.27. The zero-order valence-corrected chi connectivity index (χ0v) is 8.68. The number of methoxy groups -OCH3 is 1. The summed E-state index contributed by atoms with van der Waals surface area (Å²) >= 11 is 0. The molecule has 0 saturated heterocycles. The van der Waals surface area contributed by atoms with Crippen LogP contribution < -0.4 is 4.74 Å². The maximum Gasteiger partial charge on any atom is 0.239 e. The molecule has 0 spiro atoms. The van der Waals surface area contributed by atoms with E-state index in [-0.39, 0.29) is 11.4 Å². The third-order valence-corrected chi connectivity index (χ3v) is 1.89. The van der Waals surface area contributed by atoms with Crippen molar-refractivity contribution in [1.29, 1.82) is 0 Å². The third kappa shape index (κ3) is 1.66. The molecule has 1 heterocycles. The van der Waals surface area contributed by atoms with Gasteiger partial charge in [0.2, 0.25) is 11.8 Å². The van der Waals surface area contributed by atoms with E-state index in [1.807, 2.05) is 20.8 Å². The van der Waals surface area contributed by atoms with Crippen LogP contribution in [-0.2, 0) is 12.5 Å². The van der Waals surface area contributed by atoms with E-state index in [2.05, 4.69) is 5.10 Å². The minimum Gasteiger partial charge on any atom is -0.480 e. The molecule has 74 valence electrons. The van der Waals surface area contributed by atoms with Crippen LogP contribution in [0.4, 0.5) is 4.39 Å². The Hall–Kier alpha value is -1.06. The van der Waals surface area contributed by atoms with Crippen LogP contribution in [0.5, 0.6) is 5.88 Å². The number of nitrogens with zero attached hydrogens (tertiary/aromatic N) is 2. The summed E-state index contributed by atoms with van der Waals surface area (Å²) in [5.74, 6) is 0.0388. The molecule has 0 N–H and O–H groups in total. The van der Waals surface area contributed by atoms with Gasteiger partial charge in [-0.25, -0.2) is 4.68 Å². The summed E-state index contributed by atoms with van der Waals surface area (Å²) in [4.78, 5) is 0. The van der Waals surface area contributed by atoms with Gasteiger partial charge in [0.1, 0.15) is 0 Å². The Balaban J connectivity index is 3.33. The highest BCUT2D eigenvalue weighted by molar-refractivity contribution is 5.31. The van der Waals surface area contributed by atoms with E-state index in [4.69, 9.17) is 4.74 Å². The molecule has 0 fully saturated rings. The van der Waals surface area contributed by atoms with Gasteiger partial charge in [0.15, 0.2) is 0 Å². The van der Waals surface area contributed by atoms with Crippen LogP contribution >= 0.6 is 0 Å². The Bertz CT molecular complexity index is 312. The molecule has 0 unspecified atom stereocenters. The largest absolute Gasteiger partial charge is 0.480 e. The molecule has 3 nitrogen and oxygen atoms in total. The molecule has 0 saturated carbocycles. The minimum absolute atomic E-state index is 0.288. The Kier molecular flexibility index (Phi) is 2.32. The second-order valence-electron chi connectivity index (χ2n) is 4.05. The van der Waals surface area contributed by atoms with E-state index in [1.54, 1.807) is 7.05 Å². The molecule has 0 atom stereocenters. The summed E-state index contributed by atoms with van der Waals surface area (Å²) in [6.45, 7) is 5.78. The second-order valence-corrected chi connectivity index (χ2v) is 4.05. The van der Waals surface area contributed by atoms with Crippen LogP contribution in [-0.4, -0.2) is 16.9 Å². The summed E-state index contributed by atoms with van der Waals surface area (Å²) in [5, 5.41) is 3.91. The number of aromatic nitrogens is 2. The van der Waals surface area contributed by atoms with Crippen LogP contribution in [0.2, 0.25) is 0 Å². The van der Waals surface area contributed by atoms with E-state index >= 15 is 0 Å². The summed E-state index contributed by atoms with van der Waals surface area (Å²) < 4.78 is 19.7. The van der Waals surface area contributed by atoms with Crippen molar-refractivity contribution in [3.8, 4) is 5.88 Å². The standard InChI is InChI=1S/C9H15FN2O/c1-9(2,3)6-7(10)12(4)11-8(6)13-5/h1-5H3. The smallest absolute Gasteiger partial charge is 0.239 e. The van der Waals surface area contributed by atoms with Crippen LogP contribution in [0, 0.1) is 5.95 Å². The lowest BCUT2D eigenvalue weighted by Crippen LogP contribution is -2.14. The van der Waals surface area contributed by atoms with E-state index in [1.165, 1.54) is 11.8 Å². The average Bonchev–Trinajstić information content (AvgIpc) is 2.26. The van der Waals surface area contributed by atoms with Crippen molar-refractivity contribution >= 4 is 0 Å². The van der Waals surface area contributed by atoms with Crippen LogP contribution in [0.3, 0.4) is 0 Å². The van der Waals surface area contributed by atoms with Gasteiger partial charge in [-0.15, -0.1) is 5.10 Å². The fraction of sp³-hybridized carbons (Fsp3) is 0.667. The van der Waals surface area contributed by atoms with E-state index < -0.39 is 0 Å². The fourth-order valence-corrected chi connectivity index (χ4v) is 1.25. The van der Waals surface area contributed by atoms with Crippen molar-refractivity contribution in [2.24, 2.45) is 7.05 Å². The van der Waals surface area contributed by atoms with Crippen molar-refractivity contribution in [3.05, 3.63) is 11.5 Å². The highest BCUT2D eigenvalue weighted by Crippen LogP contribution is 2.32. The van der Waals surface area contributed by atoms with Crippen molar-refractivity contribution in [3.63, 3.8) is 0 Å². The van der Waals surface area contributed by atoms with Gasteiger partial charge in [-0.3, -0.25) is 0 Å². The molecule has 0 bridgehead atoms. The Morgan fingerprint density at radius 2 is 1.92 bits per heavy atom. The molecule has 0 aliphatic rings. The van der Waals surface area contributed by atoms with Gasteiger partial charge in [-0.2, -0.15) is 4.39 Å². The van der Waals surface area contributed by atoms with Crippen molar-refractivity contribution in [1.82, 2.24) is 9.78 Å². The lowest BCUT2D eigenvalue weighted by molar-refractivity contribution is 0.378. The normalized spacial score (nSPS) is 11.8.